The molecular formula is C18H21N3O3S. The van der Waals surface area contributed by atoms with Crippen molar-refractivity contribution in [3.05, 3.63) is 60.4 Å². The number of sulfonamides is 1. The van der Waals surface area contributed by atoms with Crippen molar-refractivity contribution in [2.45, 2.75) is 24.3 Å². The van der Waals surface area contributed by atoms with Crippen LogP contribution in [-0.4, -0.2) is 36.7 Å². The molecule has 0 spiro atoms. The molecule has 7 heteroatoms. The maximum Gasteiger partial charge on any atom is 0.243 e. The number of hydrogen-bond acceptors (Lipinski definition) is 4. The van der Waals surface area contributed by atoms with E-state index in [4.69, 9.17) is 0 Å². The molecule has 6 nitrogen and oxygen atoms in total. The zero-order valence-corrected chi connectivity index (χ0v) is 14.7. The van der Waals surface area contributed by atoms with E-state index < -0.39 is 10.0 Å². The van der Waals surface area contributed by atoms with Crippen LogP contribution < -0.4 is 5.32 Å². The summed E-state index contributed by atoms with van der Waals surface area (Å²) in [5.74, 6) is -0.444. The standard InChI is InChI=1S/C18H21N3O3S/c22-18(20-13-15-6-4-10-19-12-15)16-7-5-11-21(14-16)25(23,24)17-8-2-1-3-9-17/h1-4,6,8-10,12,16H,5,7,11,13-14H2,(H,20,22)/t16-/m0/s1. The smallest absolute Gasteiger partial charge is 0.243 e. The van der Waals surface area contributed by atoms with Crippen molar-refractivity contribution in [2.75, 3.05) is 13.1 Å². The molecule has 1 aliphatic heterocycles. The summed E-state index contributed by atoms with van der Waals surface area (Å²) >= 11 is 0. The second kappa shape index (κ2) is 7.76. The van der Waals surface area contributed by atoms with Crippen LogP contribution >= 0.6 is 0 Å². The molecule has 2 aromatic rings. The van der Waals surface area contributed by atoms with Gasteiger partial charge in [0.15, 0.2) is 0 Å². The summed E-state index contributed by atoms with van der Waals surface area (Å²) in [5.41, 5.74) is 0.917. The number of rotatable bonds is 5. The minimum atomic E-state index is -3.55. The molecule has 0 aliphatic carbocycles. The second-order valence-electron chi connectivity index (χ2n) is 6.09. The fourth-order valence-electron chi connectivity index (χ4n) is 2.95. The van der Waals surface area contributed by atoms with Crippen molar-refractivity contribution in [1.82, 2.24) is 14.6 Å². The van der Waals surface area contributed by atoms with E-state index >= 15 is 0 Å². The van der Waals surface area contributed by atoms with Gasteiger partial charge in [-0.1, -0.05) is 24.3 Å². The van der Waals surface area contributed by atoms with E-state index in [1.165, 1.54) is 4.31 Å². The van der Waals surface area contributed by atoms with Gasteiger partial charge in [0.1, 0.15) is 0 Å². The van der Waals surface area contributed by atoms with Crippen molar-refractivity contribution in [1.29, 1.82) is 0 Å². The van der Waals surface area contributed by atoms with Gasteiger partial charge < -0.3 is 5.32 Å². The Morgan fingerprint density at radius 2 is 2.00 bits per heavy atom. The summed E-state index contributed by atoms with van der Waals surface area (Å²) in [5, 5.41) is 2.88. The molecule has 1 saturated heterocycles. The number of pyridine rings is 1. The van der Waals surface area contributed by atoms with Crippen LogP contribution in [0.25, 0.3) is 0 Å². The minimum absolute atomic E-state index is 0.114. The van der Waals surface area contributed by atoms with Crippen molar-refractivity contribution in [3.8, 4) is 0 Å². The number of benzene rings is 1. The highest BCUT2D eigenvalue weighted by Crippen LogP contribution is 2.23. The van der Waals surface area contributed by atoms with Crippen LogP contribution in [0, 0.1) is 5.92 Å². The lowest BCUT2D eigenvalue weighted by atomic mass is 9.99. The molecule has 1 aromatic carbocycles. The summed E-state index contributed by atoms with van der Waals surface area (Å²) < 4.78 is 26.9. The number of carbonyl (C=O) groups is 1. The first-order valence-electron chi connectivity index (χ1n) is 8.29. The highest BCUT2D eigenvalue weighted by Gasteiger charge is 2.33. The molecular weight excluding hydrogens is 338 g/mol. The van der Waals surface area contributed by atoms with Crippen LogP contribution in [0.1, 0.15) is 18.4 Å². The summed E-state index contributed by atoms with van der Waals surface area (Å²) in [6, 6.07) is 12.1. The van der Waals surface area contributed by atoms with E-state index in [0.29, 0.717) is 25.9 Å². The van der Waals surface area contributed by atoms with Crippen LogP contribution in [0.4, 0.5) is 0 Å². The summed E-state index contributed by atoms with van der Waals surface area (Å²) in [6.45, 7) is 1.06. The van der Waals surface area contributed by atoms with Gasteiger partial charge in [0, 0.05) is 32.0 Å². The van der Waals surface area contributed by atoms with E-state index in [1.54, 1.807) is 42.7 Å². The fraction of sp³-hybridized carbons (Fsp3) is 0.333. The third-order valence-corrected chi connectivity index (χ3v) is 6.20. The number of aromatic nitrogens is 1. The van der Waals surface area contributed by atoms with Gasteiger partial charge in [-0.2, -0.15) is 4.31 Å². The van der Waals surface area contributed by atoms with E-state index in [-0.39, 0.29) is 23.3 Å². The summed E-state index contributed by atoms with van der Waals surface area (Å²) in [6.07, 6.45) is 4.75. The number of hydrogen-bond donors (Lipinski definition) is 1. The van der Waals surface area contributed by atoms with Crippen LogP contribution in [0.2, 0.25) is 0 Å². The van der Waals surface area contributed by atoms with E-state index in [0.717, 1.165) is 5.56 Å². The fourth-order valence-corrected chi connectivity index (χ4v) is 4.50. The first-order valence-corrected chi connectivity index (χ1v) is 9.73. The lowest BCUT2D eigenvalue weighted by Crippen LogP contribution is -2.45. The Bertz CT molecular complexity index is 810. The first-order chi connectivity index (χ1) is 12.1. The molecule has 1 atom stereocenters. The Morgan fingerprint density at radius 3 is 2.72 bits per heavy atom. The number of amides is 1. The molecule has 1 fully saturated rings. The van der Waals surface area contributed by atoms with E-state index in [9.17, 15) is 13.2 Å². The van der Waals surface area contributed by atoms with Crippen molar-refractivity contribution < 1.29 is 13.2 Å². The Labute approximate surface area is 147 Å². The summed E-state index contributed by atoms with van der Waals surface area (Å²) in [7, 11) is -3.55. The van der Waals surface area contributed by atoms with Gasteiger partial charge in [0.25, 0.3) is 0 Å². The predicted molar refractivity (Wildman–Crippen MR) is 94.0 cm³/mol. The quantitative estimate of drug-likeness (QED) is 0.883. The van der Waals surface area contributed by atoms with Crippen molar-refractivity contribution >= 4 is 15.9 Å². The Morgan fingerprint density at radius 1 is 1.20 bits per heavy atom. The molecule has 1 aromatic heterocycles. The number of carbonyl (C=O) groups excluding carboxylic acids is 1. The monoisotopic (exact) mass is 359 g/mol. The van der Waals surface area contributed by atoms with Crippen molar-refractivity contribution in [2.24, 2.45) is 5.92 Å². The molecule has 0 unspecified atom stereocenters. The Hall–Kier alpha value is -2.25. The average molecular weight is 359 g/mol. The first kappa shape index (κ1) is 17.6. The number of piperidine rings is 1. The van der Waals surface area contributed by atoms with Crippen LogP contribution in [0.3, 0.4) is 0 Å². The normalized spacial score (nSPS) is 18.6. The highest BCUT2D eigenvalue weighted by atomic mass is 32.2. The predicted octanol–water partition coefficient (Wildman–Crippen LogP) is 1.80. The van der Waals surface area contributed by atoms with Gasteiger partial charge in [-0.3, -0.25) is 9.78 Å². The van der Waals surface area contributed by atoms with Crippen LogP contribution in [0.5, 0.6) is 0 Å². The molecule has 0 bridgehead atoms. The third kappa shape index (κ3) is 4.24. The van der Waals surface area contributed by atoms with Crippen molar-refractivity contribution in [3.63, 3.8) is 0 Å². The van der Waals surface area contributed by atoms with Crippen LogP contribution in [0.15, 0.2) is 59.8 Å². The molecule has 132 valence electrons. The number of nitrogens with zero attached hydrogens (tertiary/aromatic N) is 2. The van der Waals surface area contributed by atoms with Crippen LogP contribution in [-0.2, 0) is 21.4 Å². The summed E-state index contributed by atoms with van der Waals surface area (Å²) in [4.78, 5) is 16.7. The topological polar surface area (TPSA) is 79.4 Å². The highest BCUT2D eigenvalue weighted by molar-refractivity contribution is 7.89. The van der Waals surface area contributed by atoms with Gasteiger partial charge in [-0.25, -0.2) is 8.42 Å². The second-order valence-corrected chi connectivity index (χ2v) is 8.03. The molecule has 0 radical (unpaired) electrons. The van der Waals surface area contributed by atoms with Gasteiger partial charge in [0.05, 0.1) is 10.8 Å². The molecule has 3 rings (SSSR count). The van der Waals surface area contributed by atoms with Gasteiger partial charge >= 0.3 is 0 Å². The average Bonchev–Trinajstić information content (AvgIpc) is 2.67. The SMILES string of the molecule is O=C(NCc1cccnc1)[C@H]1CCCN(S(=O)(=O)c2ccccc2)C1. The lowest BCUT2D eigenvalue weighted by Gasteiger charge is -2.31. The Balaban J connectivity index is 1.64. The van der Waals surface area contributed by atoms with Gasteiger partial charge in [0.2, 0.25) is 15.9 Å². The third-order valence-electron chi connectivity index (χ3n) is 4.33. The molecule has 1 N–H and O–H groups in total. The van der Waals surface area contributed by atoms with E-state index in [1.807, 2.05) is 12.1 Å². The zero-order chi connectivity index (χ0) is 17.7. The molecule has 1 amide bonds. The minimum Gasteiger partial charge on any atom is -0.352 e. The largest absolute Gasteiger partial charge is 0.352 e. The maximum atomic E-state index is 12.7. The molecule has 2 heterocycles. The Kier molecular flexibility index (Phi) is 5.45. The zero-order valence-electron chi connectivity index (χ0n) is 13.8. The number of nitrogens with one attached hydrogen (secondary N) is 1. The molecule has 0 saturated carbocycles. The molecule has 25 heavy (non-hydrogen) atoms. The van der Waals surface area contributed by atoms with E-state index in [2.05, 4.69) is 10.3 Å². The van der Waals surface area contributed by atoms with Gasteiger partial charge in [-0.15, -0.1) is 0 Å². The molecule has 1 aliphatic rings. The maximum absolute atomic E-state index is 12.7. The van der Waals surface area contributed by atoms with Gasteiger partial charge in [-0.05, 0) is 36.6 Å². The lowest BCUT2D eigenvalue weighted by molar-refractivity contribution is -0.126.